The molecule has 2 N–H and O–H groups in total. The van der Waals surface area contributed by atoms with Crippen LogP contribution in [0.15, 0.2) is 36.9 Å². The van der Waals surface area contributed by atoms with Crippen LogP contribution in [0.2, 0.25) is 0 Å². The summed E-state index contributed by atoms with van der Waals surface area (Å²) in [6.07, 6.45) is 1.54. The van der Waals surface area contributed by atoms with E-state index < -0.39 is 11.8 Å². The minimum atomic E-state index is -0.457. The van der Waals surface area contributed by atoms with E-state index in [-0.39, 0.29) is 5.69 Å². The first-order valence-electron chi connectivity index (χ1n) is 4.14. The fraction of sp³-hybridized carbons (Fsp3) is 0.100. The quantitative estimate of drug-likeness (QED) is 0.711. The number of rotatable bonds is 3. The maximum atomic E-state index is 13.0. The maximum Gasteiger partial charge on any atom is 0.319 e. The highest BCUT2D eigenvalue weighted by atomic mass is 19.1. The van der Waals surface area contributed by atoms with Crippen LogP contribution in [0.1, 0.15) is 0 Å². The molecular weight excluding hydrogens is 183 g/mol. The lowest BCUT2D eigenvalue weighted by molar-refractivity contribution is 0.253. The van der Waals surface area contributed by atoms with Gasteiger partial charge in [-0.3, -0.25) is 0 Å². The summed E-state index contributed by atoms with van der Waals surface area (Å²) in [4.78, 5) is 11.1. The zero-order chi connectivity index (χ0) is 10.4. The Morgan fingerprint density at radius 2 is 2.21 bits per heavy atom. The Kier molecular flexibility index (Phi) is 3.67. The summed E-state index contributed by atoms with van der Waals surface area (Å²) in [6, 6.07) is 5.52. The van der Waals surface area contributed by atoms with E-state index in [2.05, 4.69) is 17.2 Å². The smallest absolute Gasteiger partial charge is 0.319 e. The van der Waals surface area contributed by atoms with Crippen molar-refractivity contribution >= 4 is 11.7 Å². The highest BCUT2D eigenvalue weighted by Gasteiger charge is 2.03. The molecule has 0 unspecified atom stereocenters. The molecule has 0 saturated heterocycles. The van der Waals surface area contributed by atoms with Gasteiger partial charge in [-0.15, -0.1) is 6.58 Å². The minimum absolute atomic E-state index is 0.161. The Morgan fingerprint density at radius 3 is 2.86 bits per heavy atom. The molecule has 4 heteroatoms. The SMILES string of the molecule is C=CCNC(=O)Nc1ccccc1F. The van der Waals surface area contributed by atoms with Crippen LogP contribution in [0.5, 0.6) is 0 Å². The summed E-state index contributed by atoms with van der Waals surface area (Å²) in [5, 5.41) is 4.85. The van der Waals surface area contributed by atoms with E-state index in [9.17, 15) is 9.18 Å². The minimum Gasteiger partial charge on any atom is -0.334 e. The molecule has 0 spiro atoms. The van der Waals surface area contributed by atoms with Crippen LogP contribution in [-0.4, -0.2) is 12.6 Å². The summed E-state index contributed by atoms with van der Waals surface area (Å²) in [5.74, 6) is -0.457. The molecule has 3 nitrogen and oxygen atoms in total. The molecule has 74 valence electrons. The van der Waals surface area contributed by atoms with E-state index in [1.165, 1.54) is 12.1 Å². The number of amides is 2. The van der Waals surface area contributed by atoms with Gasteiger partial charge in [-0.1, -0.05) is 18.2 Å². The zero-order valence-corrected chi connectivity index (χ0v) is 7.59. The molecular formula is C10H11FN2O. The number of hydrogen-bond donors (Lipinski definition) is 2. The predicted molar refractivity (Wildman–Crippen MR) is 53.6 cm³/mol. The van der Waals surface area contributed by atoms with Gasteiger partial charge in [0.25, 0.3) is 0 Å². The fourth-order valence-electron chi connectivity index (χ4n) is 0.894. The third-order valence-corrected chi connectivity index (χ3v) is 1.53. The second-order valence-corrected chi connectivity index (χ2v) is 2.60. The van der Waals surface area contributed by atoms with Gasteiger partial charge < -0.3 is 10.6 Å². The number of para-hydroxylation sites is 1. The van der Waals surface area contributed by atoms with Gasteiger partial charge in [0.1, 0.15) is 5.82 Å². The van der Waals surface area contributed by atoms with Gasteiger partial charge in [0.05, 0.1) is 5.69 Å². The highest BCUT2D eigenvalue weighted by molar-refractivity contribution is 5.89. The topological polar surface area (TPSA) is 41.1 Å². The Labute approximate surface area is 81.6 Å². The normalized spacial score (nSPS) is 9.21. The zero-order valence-electron chi connectivity index (χ0n) is 7.59. The summed E-state index contributed by atoms with van der Waals surface area (Å²) < 4.78 is 13.0. The van der Waals surface area contributed by atoms with Crippen LogP contribution in [0.4, 0.5) is 14.9 Å². The Balaban J connectivity index is 2.56. The Hall–Kier alpha value is -1.84. The first-order valence-corrected chi connectivity index (χ1v) is 4.14. The molecule has 0 heterocycles. The average Bonchev–Trinajstić information content (AvgIpc) is 2.18. The van der Waals surface area contributed by atoms with Crippen molar-refractivity contribution in [3.05, 3.63) is 42.7 Å². The summed E-state index contributed by atoms with van der Waals surface area (Å²) >= 11 is 0. The van der Waals surface area contributed by atoms with Gasteiger partial charge in [-0.05, 0) is 12.1 Å². The van der Waals surface area contributed by atoms with E-state index in [1.807, 2.05) is 0 Å². The predicted octanol–water partition coefficient (Wildman–Crippen LogP) is 2.13. The van der Waals surface area contributed by atoms with Crippen molar-refractivity contribution in [1.29, 1.82) is 0 Å². The van der Waals surface area contributed by atoms with Crippen LogP contribution in [-0.2, 0) is 0 Å². The van der Waals surface area contributed by atoms with Gasteiger partial charge >= 0.3 is 6.03 Å². The summed E-state index contributed by atoms with van der Waals surface area (Å²) in [7, 11) is 0. The van der Waals surface area contributed by atoms with Crippen LogP contribution < -0.4 is 10.6 Å². The largest absolute Gasteiger partial charge is 0.334 e. The molecule has 1 aromatic carbocycles. The van der Waals surface area contributed by atoms with E-state index in [0.29, 0.717) is 6.54 Å². The molecule has 2 amide bonds. The lowest BCUT2D eigenvalue weighted by Gasteiger charge is -2.05. The number of carbonyl (C=O) groups excluding carboxylic acids is 1. The van der Waals surface area contributed by atoms with E-state index in [1.54, 1.807) is 18.2 Å². The summed E-state index contributed by atoms with van der Waals surface area (Å²) in [5.41, 5.74) is 0.161. The van der Waals surface area contributed by atoms with Crippen molar-refractivity contribution in [2.24, 2.45) is 0 Å². The highest BCUT2D eigenvalue weighted by Crippen LogP contribution is 2.11. The number of carbonyl (C=O) groups is 1. The molecule has 0 aromatic heterocycles. The van der Waals surface area contributed by atoms with Gasteiger partial charge in [-0.25, -0.2) is 9.18 Å². The molecule has 14 heavy (non-hydrogen) atoms. The van der Waals surface area contributed by atoms with Crippen LogP contribution in [0.25, 0.3) is 0 Å². The molecule has 0 aliphatic rings. The lowest BCUT2D eigenvalue weighted by atomic mass is 10.3. The second kappa shape index (κ2) is 5.01. The second-order valence-electron chi connectivity index (χ2n) is 2.60. The molecule has 0 bridgehead atoms. The molecule has 0 radical (unpaired) electrons. The first-order chi connectivity index (χ1) is 6.74. The number of halogens is 1. The Morgan fingerprint density at radius 1 is 1.50 bits per heavy atom. The standard InChI is InChI=1S/C10H11FN2O/c1-2-7-12-10(14)13-9-6-4-3-5-8(9)11/h2-6H,1,7H2,(H2,12,13,14). The average molecular weight is 194 g/mol. The number of benzene rings is 1. The van der Waals surface area contributed by atoms with Crippen molar-refractivity contribution in [2.75, 3.05) is 11.9 Å². The molecule has 0 fully saturated rings. The molecule has 0 saturated carbocycles. The fourth-order valence-corrected chi connectivity index (χ4v) is 0.894. The number of urea groups is 1. The van der Waals surface area contributed by atoms with Gasteiger partial charge in [0, 0.05) is 6.54 Å². The molecule has 0 aliphatic heterocycles. The van der Waals surface area contributed by atoms with E-state index in [4.69, 9.17) is 0 Å². The van der Waals surface area contributed by atoms with Gasteiger partial charge in [-0.2, -0.15) is 0 Å². The van der Waals surface area contributed by atoms with Crippen molar-refractivity contribution in [2.45, 2.75) is 0 Å². The third-order valence-electron chi connectivity index (χ3n) is 1.53. The van der Waals surface area contributed by atoms with Crippen LogP contribution in [0.3, 0.4) is 0 Å². The van der Waals surface area contributed by atoms with Crippen molar-refractivity contribution in [1.82, 2.24) is 5.32 Å². The molecule has 1 rings (SSSR count). The Bertz CT molecular complexity index is 339. The van der Waals surface area contributed by atoms with E-state index in [0.717, 1.165) is 0 Å². The molecule has 0 aliphatic carbocycles. The lowest BCUT2D eigenvalue weighted by Crippen LogP contribution is -2.28. The monoisotopic (exact) mass is 194 g/mol. The van der Waals surface area contributed by atoms with Crippen molar-refractivity contribution in [3.63, 3.8) is 0 Å². The summed E-state index contributed by atoms with van der Waals surface area (Å²) in [6.45, 7) is 3.79. The first kappa shape index (κ1) is 10.2. The number of anilines is 1. The number of nitrogens with one attached hydrogen (secondary N) is 2. The van der Waals surface area contributed by atoms with Crippen LogP contribution in [0, 0.1) is 5.82 Å². The molecule has 0 atom stereocenters. The molecule has 1 aromatic rings. The van der Waals surface area contributed by atoms with Crippen molar-refractivity contribution in [3.8, 4) is 0 Å². The van der Waals surface area contributed by atoms with Gasteiger partial charge in [0.2, 0.25) is 0 Å². The maximum absolute atomic E-state index is 13.0. The third kappa shape index (κ3) is 2.90. The van der Waals surface area contributed by atoms with E-state index >= 15 is 0 Å². The van der Waals surface area contributed by atoms with Gasteiger partial charge in [0.15, 0.2) is 0 Å². The van der Waals surface area contributed by atoms with Crippen LogP contribution >= 0.6 is 0 Å². The number of hydrogen-bond acceptors (Lipinski definition) is 1. The van der Waals surface area contributed by atoms with Crippen molar-refractivity contribution < 1.29 is 9.18 Å².